The fourth-order valence-electron chi connectivity index (χ4n) is 0.515. The molecule has 0 aliphatic carbocycles. The van der Waals surface area contributed by atoms with Gasteiger partial charge < -0.3 is 15.6 Å². The lowest BCUT2D eigenvalue weighted by Crippen LogP contribution is -2.35. The number of nitrogens with zero attached hydrogens (tertiary/aromatic N) is 3. The molecule has 2 amide bonds. The minimum absolute atomic E-state index is 0.270. The summed E-state index contributed by atoms with van der Waals surface area (Å²) in [6.45, 7) is 1.94. The van der Waals surface area contributed by atoms with Gasteiger partial charge in [-0.25, -0.2) is 5.43 Å². The lowest BCUT2D eigenvalue weighted by Gasteiger charge is -1.98. The Kier molecular flexibility index (Phi) is 7.15. The van der Waals surface area contributed by atoms with Gasteiger partial charge in [-0.05, 0) is 6.92 Å². The van der Waals surface area contributed by atoms with Gasteiger partial charge in [-0.2, -0.15) is 4.79 Å². The number of carbonyl (C=O) groups is 2. The molecule has 0 fully saturated rings. The summed E-state index contributed by atoms with van der Waals surface area (Å²) >= 11 is 0. The molecule has 0 radical (unpaired) electrons. The lowest BCUT2D eigenvalue weighted by atomic mass is 10.5. The standard InChI is InChI=1S/C7H11N5O3/c1-2-15-5-11-12-7(14)3-9-6(13)4-10-8/h4-5H,2-3H2,1H3,(H,9,13)(H,12,14)/b11-5+. The van der Waals surface area contributed by atoms with Crippen LogP contribution < -0.4 is 10.7 Å². The second-order valence-electron chi connectivity index (χ2n) is 2.19. The fourth-order valence-corrected chi connectivity index (χ4v) is 0.515. The van der Waals surface area contributed by atoms with Gasteiger partial charge in [-0.3, -0.25) is 9.59 Å². The first-order valence-corrected chi connectivity index (χ1v) is 4.08. The number of nitrogens with one attached hydrogen (secondary N) is 2. The predicted molar refractivity (Wildman–Crippen MR) is 51.0 cm³/mol. The Morgan fingerprint density at radius 1 is 1.60 bits per heavy atom. The van der Waals surface area contributed by atoms with Gasteiger partial charge in [-0.15, -0.1) is 5.10 Å². The van der Waals surface area contributed by atoms with Crippen LogP contribution in [-0.4, -0.2) is 42.4 Å². The van der Waals surface area contributed by atoms with Crippen molar-refractivity contribution in [2.24, 2.45) is 5.10 Å². The summed E-state index contributed by atoms with van der Waals surface area (Å²) in [4.78, 5) is 24.1. The maximum Gasteiger partial charge on any atom is 0.344 e. The topological polar surface area (TPSA) is 116 Å². The van der Waals surface area contributed by atoms with Gasteiger partial charge >= 0.3 is 12.1 Å². The Labute approximate surface area is 85.9 Å². The zero-order valence-electron chi connectivity index (χ0n) is 8.14. The summed E-state index contributed by atoms with van der Waals surface area (Å²) in [5.74, 6) is -1.20. The molecular formula is C7H11N5O3. The molecule has 0 aromatic rings. The first-order valence-electron chi connectivity index (χ1n) is 4.08. The highest BCUT2D eigenvalue weighted by Crippen LogP contribution is 1.67. The SMILES string of the molecule is CCO/C=N/NC(=O)CNC(=O)C=[N+]=[N-]. The zero-order chi connectivity index (χ0) is 11.5. The first kappa shape index (κ1) is 12.8. The molecule has 8 nitrogen and oxygen atoms in total. The maximum atomic E-state index is 10.9. The molecule has 82 valence electrons. The zero-order valence-corrected chi connectivity index (χ0v) is 8.14. The van der Waals surface area contributed by atoms with Crippen LogP contribution in [0.5, 0.6) is 0 Å². The summed E-state index contributed by atoms with van der Waals surface area (Å²) in [6, 6.07) is 0. The van der Waals surface area contributed by atoms with E-state index >= 15 is 0 Å². The van der Waals surface area contributed by atoms with E-state index in [1.165, 1.54) is 0 Å². The second-order valence-corrected chi connectivity index (χ2v) is 2.19. The Morgan fingerprint density at radius 2 is 2.33 bits per heavy atom. The van der Waals surface area contributed by atoms with E-state index in [0.29, 0.717) is 12.8 Å². The van der Waals surface area contributed by atoms with Crippen LogP contribution in [-0.2, 0) is 14.3 Å². The van der Waals surface area contributed by atoms with E-state index in [4.69, 9.17) is 10.3 Å². The molecule has 0 unspecified atom stereocenters. The Morgan fingerprint density at radius 3 is 2.93 bits per heavy atom. The summed E-state index contributed by atoms with van der Waals surface area (Å²) < 4.78 is 4.70. The van der Waals surface area contributed by atoms with E-state index in [1.54, 1.807) is 6.92 Å². The molecule has 0 aromatic heterocycles. The summed E-state index contributed by atoms with van der Waals surface area (Å²) in [7, 11) is 0. The summed E-state index contributed by atoms with van der Waals surface area (Å²) in [5, 5.41) is 5.55. The van der Waals surface area contributed by atoms with Crippen molar-refractivity contribution in [1.29, 1.82) is 0 Å². The highest BCUT2D eigenvalue weighted by atomic mass is 16.5. The number of rotatable bonds is 6. The van der Waals surface area contributed by atoms with Gasteiger partial charge in [0.15, 0.2) is 6.40 Å². The van der Waals surface area contributed by atoms with Crippen LogP contribution in [0.25, 0.3) is 5.53 Å². The third kappa shape index (κ3) is 8.13. The molecule has 0 aliphatic heterocycles. The first-order chi connectivity index (χ1) is 7.20. The van der Waals surface area contributed by atoms with Gasteiger partial charge in [0.05, 0.1) is 13.2 Å². The van der Waals surface area contributed by atoms with Gasteiger partial charge in [-0.1, -0.05) is 0 Å². The van der Waals surface area contributed by atoms with Crippen molar-refractivity contribution in [3.63, 3.8) is 0 Å². The van der Waals surface area contributed by atoms with Crippen LogP contribution in [0.15, 0.2) is 5.10 Å². The van der Waals surface area contributed by atoms with E-state index in [-0.39, 0.29) is 6.54 Å². The molecule has 0 atom stereocenters. The van der Waals surface area contributed by atoms with Crippen molar-refractivity contribution >= 4 is 24.4 Å². The van der Waals surface area contributed by atoms with Gasteiger partial charge in [0, 0.05) is 0 Å². The number of hydrogen-bond donors (Lipinski definition) is 2. The Hall–Kier alpha value is -2.21. The number of amides is 2. The Balaban J connectivity index is 3.66. The van der Waals surface area contributed by atoms with Crippen molar-refractivity contribution in [3.8, 4) is 0 Å². The third-order valence-electron chi connectivity index (χ3n) is 1.08. The predicted octanol–water partition coefficient (Wildman–Crippen LogP) is -1.50. The molecule has 0 heterocycles. The van der Waals surface area contributed by atoms with Crippen molar-refractivity contribution in [2.75, 3.05) is 13.2 Å². The second kappa shape index (κ2) is 8.39. The molecule has 0 saturated carbocycles. The molecule has 8 heteroatoms. The minimum Gasteiger partial charge on any atom is -0.482 e. The number of carbonyl (C=O) groups excluding carboxylic acids is 2. The van der Waals surface area contributed by atoms with Crippen molar-refractivity contribution in [3.05, 3.63) is 5.53 Å². The van der Waals surface area contributed by atoms with E-state index < -0.39 is 11.8 Å². The van der Waals surface area contributed by atoms with E-state index in [1.807, 2.05) is 0 Å². The monoisotopic (exact) mass is 213 g/mol. The quantitative estimate of drug-likeness (QED) is 0.184. The van der Waals surface area contributed by atoms with E-state index in [2.05, 4.69) is 20.6 Å². The minimum atomic E-state index is -0.679. The molecule has 0 saturated heterocycles. The summed E-state index contributed by atoms with van der Waals surface area (Å²) in [5.41, 5.74) is 10.1. The van der Waals surface area contributed by atoms with Crippen LogP contribution in [0.1, 0.15) is 6.92 Å². The molecule has 0 rings (SSSR count). The number of hydrazone groups is 1. The van der Waals surface area contributed by atoms with E-state index in [0.717, 1.165) is 6.40 Å². The fraction of sp³-hybridized carbons (Fsp3) is 0.429. The Bertz CT molecular complexity index is 295. The van der Waals surface area contributed by atoms with Crippen LogP contribution in [0.2, 0.25) is 0 Å². The molecule has 0 bridgehead atoms. The normalized spacial score (nSPS) is 9.13. The maximum absolute atomic E-state index is 10.9. The molecule has 15 heavy (non-hydrogen) atoms. The average molecular weight is 213 g/mol. The van der Waals surface area contributed by atoms with Crippen LogP contribution in [0.4, 0.5) is 0 Å². The summed E-state index contributed by atoms with van der Waals surface area (Å²) in [6.07, 6.45) is 1.71. The lowest BCUT2D eigenvalue weighted by molar-refractivity contribution is -0.124. The third-order valence-corrected chi connectivity index (χ3v) is 1.08. The van der Waals surface area contributed by atoms with Crippen molar-refractivity contribution in [1.82, 2.24) is 10.7 Å². The number of ether oxygens (including phenoxy) is 1. The van der Waals surface area contributed by atoms with Gasteiger partial charge in [0.25, 0.3) is 5.91 Å². The molecule has 2 N–H and O–H groups in total. The number of hydrogen-bond acceptors (Lipinski definition) is 4. The largest absolute Gasteiger partial charge is 0.482 e. The smallest absolute Gasteiger partial charge is 0.344 e. The molecule has 0 spiro atoms. The van der Waals surface area contributed by atoms with Gasteiger partial charge in [0.1, 0.15) is 0 Å². The highest BCUT2D eigenvalue weighted by Gasteiger charge is 2.04. The molecular weight excluding hydrogens is 202 g/mol. The van der Waals surface area contributed by atoms with E-state index in [9.17, 15) is 9.59 Å². The van der Waals surface area contributed by atoms with Crippen LogP contribution in [0, 0.1) is 0 Å². The van der Waals surface area contributed by atoms with Crippen LogP contribution in [0.3, 0.4) is 0 Å². The molecule has 0 aliphatic rings. The highest BCUT2D eigenvalue weighted by molar-refractivity contribution is 6.24. The van der Waals surface area contributed by atoms with Crippen molar-refractivity contribution < 1.29 is 19.1 Å². The van der Waals surface area contributed by atoms with Gasteiger partial charge in [0.2, 0.25) is 0 Å². The molecule has 0 aromatic carbocycles. The average Bonchev–Trinajstić information content (AvgIpc) is 2.22. The van der Waals surface area contributed by atoms with Crippen LogP contribution >= 0.6 is 0 Å². The van der Waals surface area contributed by atoms with Crippen molar-refractivity contribution in [2.45, 2.75) is 6.92 Å².